The third kappa shape index (κ3) is 3.27. The number of aliphatic hydroxyl groups is 1. The van der Waals surface area contributed by atoms with Crippen LogP contribution in [0.25, 0.3) is 11.0 Å². The second-order valence-electron chi connectivity index (χ2n) is 5.02. The number of methoxy groups -OCH3 is 1. The van der Waals surface area contributed by atoms with Crippen molar-refractivity contribution >= 4 is 22.8 Å². The molecule has 21 heavy (non-hydrogen) atoms. The standard InChI is InChI=1S/C13H19N5O3/c1-8(2)10(6-19)17-12-9-4-16-18(5-11(20)21-3)13(9)15-7-14-12/h4,7-8,10,19H,5-6H2,1-3H3,(H,14,15,17)/t10-/m1/s1. The van der Waals surface area contributed by atoms with Gasteiger partial charge in [-0.25, -0.2) is 14.6 Å². The molecule has 2 heterocycles. The van der Waals surface area contributed by atoms with Crippen LogP contribution in [0.3, 0.4) is 0 Å². The lowest BCUT2D eigenvalue weighted by atomic mass is 10.1. The predicted octanol–water partition coefficient (Wildman–Crippen LogP) is 0.428. The van der Waals surface area contributed by atoms with Crippen LogP contribution in [0, 0.1) is 5.92 Å². The second kappa shape index (κ2) is 6.49. The number of nitrogens with zero attached hydrogens (tertiary/aromatic N) is 4. The zero-order chi connectivity index (χ0) is 15.4. The molecule has 0 aliphatic heterocycles. The van der Waals surface area contributed by atoms with Gasteiger partial charge < -0.3 is 15.2 Å². The maximum absolute atomic E-state index is 11.3. The van der Waals surface area contributed by atoms with Crippen molar-refractivity contribution in [2.24, 2.45) is 5.92 Å². The topological polar surface area (TPSA) is 102 Å². The van der Waals surface area contributed by atoms with Crippen LogP contribution < -0.4 is 5.32 Å². The van der Waals surface area contributed by atoms with Crippen molar-refractivity contribution in [2.45, 2.75) is 26.4 Å². The molecule has 2 aromatic rings. The normalized spacial score (nSPS) is 12.6. The second-order valence-corrected chi connectivity index (χ2v) is 5.02. The van der Waals surface area contributed by atoms with Crippen molar-refractivity contribution in [1.29, 1.82) is 0 Å². The van der Waals surface area contributed by atoms with Gasteiger partial charge in [-0.15, -0.1) is 0 Å². The van der Waals surface area contributed by atoms with Crippen molar-refractivity contribution in [1.82, 2.24) is 19.7 Å². The van der Waals surface area contributed by atoms with Crippen LogP contribution in [-0.4, -0.2) is 50.6 Å². The number of nitrogens with one attached hydrogen (secondary N) is 1. The minimum absolute atomic E-state index is 0.000535. The van der Waals surface area contributed by atoms with Crippen molar-refractivity contribution < 1.29 is 14.6 Å². The molecule has 0 fully saturated rings. The Bertz CT molecular complexity index is 625. The SMILES string of the molecule is COC(=O)Cn1ncc2c(N[C@H](CO)C(C)C)ncnc21. The van der Waals surface area contributed by atoms with E-state index in [0.717, 1.165) is 0 Å². The average Bonchev–Trinajstić information content (AvgIpc) is 2.88. The fraction of sp³-hybridized carbons (Fsp3) is 0.538. The highest BCUT2D eigenvalue weighted by atomic mass is 16.5. The monoisotopic (exact) mass is 293 g/mol. The molecule has 2 N–H and O–H groups in total. The van der Waals surface area contributed by atoms with Crippen LogP contribution in [0.15, 0.2) is 12.5 Å². The van der Waals surface area contributed by atoms with Crippen LogP contribution in [0.2, 0.25) is 0 Å². The van der Waals surface area contributed by atoms with E-state index in [9.17, 15) is 9.90 Å². The number of aromatic nitrogens is 4. The molecule has 0 saturated heterocycles. The van der Waals surface area contributed by atoms with E-state index in [0.29, 0.717) is 16.9 Å². The Morgan fingerprint density at radius 1 is 1.48 bits per heavy atom. The molecule has 0 radical (unpaired) electrons. The minimum Gasteiger partial charge on any atom is -0.468 e. The maximum atomic E-state index is 11.3. The lowest BCUT2D eigenvalue weighted by Crippen LogP contribution is -2.29. The fourth-order valence-corrected chi connectivity index (χ4v) is 1.91. The van der Waals surface area contributed by atoms with E-state index in [4.69, 9.17) is 0 Å². The highest BCUT2D eigenvalue weighted by Crippen LogP contribution is 2.20. The molecule has 0 aromatic carbocycles. The van der Waals surface area contributed by atoms with Gasteiger partial charge in [0.25, 0.3) is 0 Å². The fourth-order valence-electron chi connectivity index (χ4n) is 1.91. The molecule has 8 heteroatoms. The smallest absolute Gasteiger partial charge is 0.327 e. The Labute approximate surface area is 122 Å². The van der Waals surface area contributed by atoms with Crippen molar-refractivity contribution in [3.63, 3.8) is 0 Å². The number of aliphatic hydroxyl groups excluding tert-OH is 1. The number of anilines is 1. The van der Waals surface area contributed by atoms with Gasteiger partial charge in [-0.05, 0) is 5.92 Å². The van der Waals surface area contributed by atoms with Crippen LogP contribution in [0.5, 0.6) is 0 Å². The summed E-state index contributed by atoms with van der Waals surface area (Å²) in [6.07, 6.45) is 2.99. The largest absolute Gasteiger partial charge is 0.468 e. The van der Waals surface area contributed by atoms with Gasteiger partial charge in [0.2, 0.25) is 0 Å². The Kier molecular flexibility index (Phi) is 4.69. The maximum Gasteiger partial charge on any atom is 0.327 e. The third-order valence-corrected chi connectivity index (χ3v) is 3.26. The minimum atomic E-state index is -0.400. The zero-order valence-corrected chi connectivity index (χ0v) is 12.3. The van der Waals surface area contributed by atoms with Crippen LogP contribution in [0.4, 0.5) is 5.82 Å². The van der Waals surface area contributed by atoms with Gasteiger partial charge in [0.15, 0.2) is 5.65 Å². The van der Waals surface area contributed by atoms with Gasteiger partial charge in [-0.2, -0.15) is 5.10 Å². The van der Waals surface area contributed by atoms with Gasteiger partial charge in [-0.1, -0.05) is 13.8 Å². The summed E-state index contributed by atoms with van der Waals surface area (Å²) in [6.45, 7) is 4.00. The molecule has 0 saturated carbocycles. The Hall–Kier alpha value is -2.22. The highest BCUT2D eigenvalue weighted by molar-refractivity contribution is 5.87. The van der Waals surface area contributed by atoms with E-state index in [-0.39, 0.29) is 25.1 Å². The lowest BCUT2D eigenvalue weighted by Gasteiger charge is -2.20. The first-order chi connectivity index (χ1) is 10.1. The Balaban J connectivity index is 2.32. The third-order valence-electron chi connectivity index (χ3n) is 3.26. The van der Waals surface area contributed by atoms with E-state index in [1.165, 1.54) is 18.1 Å². The summed E-state index contributed by atoms with van der Waals surface area (Å²) in [4.78, 5) is 19.7. The molecule has 0 unspecified atom stereocenters. The first kappa shape index (κ1) is 15.2. The molecular formula is C13H19N5O3. The lowest BCUT2D eigenvalue weighted by molar-refractivity contribution is -0.141. The average molecular weight is 293 g/mol. The molecule has 0 aliphatic carbocycles. The van der Waals surface area contributed by atoms with E-state index in [1.807, 2.05) is 13.8 Å². The molecule has 114 valence electrons. The number of rotatable bonds is 6. The summed E-state index contributed by atoms with van der Waals surface area (Å²) in [5.41, 5.74) is 0.540. The Morgan fingerprint density at radius 3 is 2.86 bits per heavy atom. The first-order valence-electron chi connectivity index (χ1n) is 6.67. The summed E-state index contributed by atoms with van der Waals surface area (Å²) < 4.78 is 6.08. The van der Waals surface area contributed by atoms with Gasteiger partial charge >= 0.3 is 5.97 Å². The number of esters is 1. The molecule has 2 aromatic heterocycles. The first-order valence-corrected chi connectivity index (χ1v) is 6.67. The molecule has 0 spiro atoms. The van der Waals surface area contributed by atoms with Gasteiger partial charge in [0.1, 0.15) is 18.7 Å². The number of carbonyl (C=O) groups excluding carboxylic acids is 1. The zero-order valence-electron chi connectivity index (χ0n) is 12.3. The van der Waals surface area contributed by atoms with Crippen molar-refractivity contribution in [3.05, 3.63) is 12.5 Å². The summed E-state index contributed by atoms with van der Waals surface area (Å²) in [5, 5.41) is 17.4. The molecule has 2 rings (SSSR count). The van der Waals surface area contributed by atoms with Crippen molar-refractivity contribution in [2.75, 3.05) is 19.0 Å². The Morgan fingerprint density at radius 2 is 2.24 bits per heavy atom. The van der Waals surface area contributed by atoms with Gasteiger partial charge in [-0.3, -0.25) is 4.79 Å². The summed E-state index contributed by atoms with van der Waals surface area (Å²) in [7, 11) is 1.32. The van der Waals surface area contributed by atoms with Crippen LogP contribution >= 0.6 is 0 Å². The number of ether oxygens (including phenoxy) is 1. The number of hydrogen-bond acceptors (Lipinski definition) is 7. The number of carbonyl (C=O) groups is 1. The number of hydrogen-bond donors (Lipinski definition) is 2. The van der Waals surface area contributed by atoms with E-state index < -0.39 is 5.97 Å². The number of fused-ring (bicyclic) bond motifs is 1. The van der Waals surface area contributed by atoms with E-state index in [2.05, 4.69) is 25.1 Å². The highest BCUT2D eigenvalue weighted by Gasteiger charge is 2.17. The molecule has 8 nitrogen and oxygen atoms in total. The van der Waals surface area contributed by atoms with E-state index in [1.54, 1.807) is 6.20 Å². The van der Waals surface area contributed by atoms with Gasteiger partial charge in [0, 0.05) is 0 Å². The van der Waals surface area contributed by atoms with Crippen molar-refractivity contribution in [3.8, 4) is 0 Å². The summed E-state index contributed by atoms with van der Waals surface area (Å²) >= 11 is 0. The summed E-state index contributed by atoms with van der Waals surface area (Å²) in [5.74, 6) is 0.428. The molecular weight excluding hydrogens is 274 g/mol. The van der Waals surface area contributed by atoms with E-state index >= 15 is 0 Å². The molecule has 0 bridgehead atoms. The van der Waals surface area contributed by atoms with Crippen LogP contribution in [-0.2, 0) is 16.1 Å². The molecule has 0 amide bonds. The predicted molar refractivity (Wildman–Crippen MR) is 76.7 cm³/mol. The molecule has 1 atom stereocenters. The van der Waals surface area contributed by atoms with Gasteiger partial charge in [0.05, 0.1) is 31.3 Å². The van der Waals surface area contributed by atoms with Crippen LogP contribution in [0.1, 0.15) is 13.8 Å². The molecule has 0 aliphatic rings. The summed E-state index contributed by atoms with van der Waals surface area (Å²) in [6, 6.07) is -0.118. The quantitative estimate of drug-likeness (QED) is 0.744.